The third-order valence-electron chi connectivity index (χ3n) is 5.26. The van der Waals surface area contributed by atoms with Crippen molar-refractivity contribution in [3.05, 3.63) is 54.4 Å². The van der Waals surface area contributed by atoms with Gasteiger partial charge in [-0.25, -0.2) is 9.50 Å². The van der Waals surface area contributed by atoms with Crippen LogP contribution in [0.2, 0.25) is 0 Å². The van der Waals surface area contributed by atoms with Crippen LogP contribution in [0.25, 0.3) is 16.9 Å². The van der Waals surface area contributed by atoms with Gasteiger partial charge in [0.05, 0.1) is 11.9 Å². The third kappa shape index (κ3) is 3.47. The summed E-state index contributed by atoms with van der Waals surface area (Å²) in [6.45, 7) is 0.713. The normalized spacial score (nSPS) is 14.8. The molecule has 0 bridgehead atoms. The van der Waals surface area contributed by atoms with Gasteiger partial charge in [0, 0.05) is 18.3 Å². The maximum absolute atomic E-state index is 12.6. The molecule has 1 fully saturated rings. The first kappa shape index (κ1) is 16.8. The molecule has 26 heavy (non-hydrogen) atoms. The average Bonchev–Trinajstić information content (AvgIpc) is 3.35. The first-order valence-corrected chi connectivity index (χ1v) is 9.49. The van der Waals surface area contributed by atoms with Gasteiger partial charge >= 0.3 is 0 Å². The Bertz CT molecular complexity index is 881. The lowest BCUT2D eigenvalue weighted by Crippen LogP contribution is -2.24. The van der Waals surface area contributed by atoms with Crippen molar-refractivity contribution >= 4 is 11.6 Å². The van der Waals surface area contributed by atoms with Gasteiger partial charge in [0.25, 0.3) is 5.91 Å². The van der Waals surface area contributed by atoms with Gasteiger partial charge in [-0.3, -0.25) is 4.79 Å². The van der Waals surface area contributed by atoms with E-state index in [0.717, 1.165) is 23.6 Å². The number of rotatable bonds is 6. The van der Waals surface area contributed by atoms with Gasteiger partial charge in [-0.15, -0.1) is 0 Å². The first-order valence-electron chi connectivity index (χ1n) is 9.49. The smallest absolute Gasteiger partial charge is 0.256 e. The molecule has 4 rings (SSSR count). The number of benzene rings is 1. The molecule has 0 atom stereocenters. The van der Waals surface area contributed by atoms with Gasteiger partial charge in [-0.2, -0.15) is 5.10 Å². The van der Waals surface area contributed by atoms with Crippen molar-refractivity contribution in [3.8, 4) is 11.3 Å². The Morgan fingerprint density at radius 1 is 1.15 bits per heavy atom. The molecule has 5 heteroatoms. The summed E-state index contributed by atoms with van der Waals surface area (Å²) in [6.07, 6.45) is 11.0. The number of nitrogens with one attached hydrogen (secondary N) is 1. The van der Waals surface area contributed by atoms with E-state index in [1.54, 1.807) is 16.9 Å². The van der Waals surface area contributed by atoms with Crippen molar-refractivity contribution in [2.24, 2.45) is 5.92 Å². The minimum Gasteiger partial charge on any atom is -0.352 e. The molecule has 2 heterocycles. The quantitative estimate of drug-likeness (QED) is 0.682. The largest absolute Gasteiger partial charge is 0.352 e. The van der Waals surface area contributed by atoms with Crippen molar-refractivity contribution in [2.75, 3.05) is 6.54 Å². The minimum absolute atomic E-state index is 0.0934. The van der Waals surface area contributed by atoms with Crippen LogP contribution in [0.4, 0.5) is 0 Å². The van der Waals surface area contributed by atoms with Crippen LogP contribution < -0.4 is 5.32 Å². The fraction of sp³-hybridized carbons (Fsp3) is 0.381. The first-order chi connectivity index (χ1) is 12.8. The average molecular weight is 348 g/mol. The number of nitrogens with zero attached hydrogens (tertiary/aromatic N) is 3. The topological polar surface area (TPSA) is 59.3 Å². The lowest BCUT2D eigenvalue weighted by atomic mass is 10.0. The highest BCUT2D eigenvalue weighted by atomic mass is 16.1. The van der Waals surface area contributed by atoms with Crippen LogP contribution in [0.1, 0.15) is 48.9 Å². The van der Waals surface area contributed by atoms with Crippen LogP contribution in [0.5, 0.6) is 0 Å². The van der Waals surface area contributed by atoms with Crippen LogP contribution in [0.3, 0.4) is 0 Å². The van der Waals surface area contributed by atoms with E-state index in [2.05, 4.69) is 15.4 Å². The molecule has 0 radical (unpaired) electrons. The van der Waals surface area contributed by atoms with Crippen LogP contribution >= 0.6 is 0 Å². The Morgan fingerprint density at radius 2 is 1.96 bits per heavy atom. The van der Waals surface area contributed by atoms with E-state index in [9.17, 15) is 4.79 Å². The molecule has 1 N–H and O–H groups in total. The molecule has 134 valence electrons. The van der Waals surface area contributed by atoms with Crippen molar-refractivity contribution < 1.29 is 4.79 Å². The molecular weight excluding hydrogens is 324 g/mol. The minimum atomic E-state index is -0.0934. The van der Waals surface area contributed by atoms with E-state index in [1.165, 1.54) is 32.1 Å². The predicted molar refractivity (Wildman–Crippen MR) is 102 cm³/mol. The zero-order valence-electron chi connectivity index (χ0n) is 14.9. The Labute approximate surface area is 153 Å². The SMILES string of the molecule is O=C(NCCCC1CCCC1)c1cnn2c(-c3ccccc3)ccnc12. The number of carbonyl (C=O) groups is 1. The van der Waals surface area contributed by atoms with E-state index in [4.69, 9.17) is 0 Å². The molecule has 0 saturated heterocycles. The molecule has 2 aromatic heterocycles. The molecule has 0 aliphatic heterocycles. The number of fused-ring (bicyclic) bond motifs is 1. The second-order valence-electron chi connectivity index (χ2n) is 7.04. The number of carbonyl (C=O) groups excluding carboxylic acids is 1. The summed E-state index contributed by atoms with van der Waals surface area (Å²) in [7, 11) is 0. The summed E-state index contributed by atoms with van der Waals surface area (Å²) in [5, 5.41) is 7.43. The van der Waals surface area contributed by atoms with Gasteiger partial charge in [-0.1, -0.05) is 56.0 Å². The van der Waals surface area contributed by atoms with E-state index >= 15 is 0 Å². The van der Waals surface area contributed by atoms with E-state index in [-0.39, 0.29) is 5.91 Å². The maximum atomic E-state index is 12.6. The molecule has 1 aliphatic rings. The zero-order chi connectivity index (χ0) is 17.8. The van der Waals surface area contributed by atoms with Crippen molar-refractivity contribution in [1.29, 1.82) is 0 Å². The molecule has 1 saturated carbocycles. The molecule has 0 unspecified atom stereocenters. The van der Waals surface area contributed by atoms with E-state index in [1.807, 2.05) is 36.4 Å². The van der Waals surface area contributed by atoms with Gasteiger partial charge in [0.2, 0.25) is 0 Å². The monoisotopic (exact) mass is 348 g/mol. The highest BCUT2D eigenvalue weighted by molar-refractivity contribution is 5.99. The van der Waals surface area contributed by atoms with Crippen molar-refractivity contribution in [1.82, 2.24) is 19.9 Å². The summed E-state index contributed by atoms with van der Waals surface area (Å²) in [6, 6.07) is 11.9. The van der Waals surface area contributed by atoms with Gasteiger partial charge in [-0.05, 0) is 24.8 Å². The molecule has 5 nitrogen and oxygen atoms in total. The van der Waals surface area contributed by atoms with Crippen LogP contribution in [-0.4, -0.2) is 27.0 Å². The zero-order valence-corrected chi connectivity index (χ0v) is 14.9. The highest BCUT2D eigenvalue weighted by Gasteiger charge is 2.17. The number of amides is 1. The second-order valence-corrected chi connectivity index (χ2v) is 7.04. The third-order valence-corrected chi connectivity index (χ3v) is 5.26. The van der Waals surface area contributed by atoms with Crippen molar-refractivity contribution in [3.63, 3.8) is 0 Å². The Hall–Kier alpha value is -2.69. The highest BCUT2D eigenvalue weighted by Crippen LogP contribution is 2.28. The summed E-state index contributed by atoms with van der Waals surface area (Å²) >= 11 is 0. The van der Waals surface area contributed by atoms with Gasteiger partial charge < -0.3 is 5.32 Å². The summed E-state index contributed by atoms with van der Waals surface area (Å²) < 4.78 is 1.74. The Balaban J connectivity index is 1.46. The predicted octanol–water partition coefficient (Wildman–Crippen LogP) is 4.10. The summed E-state index contributed by atoms with van der Waals surface area (Å²) in [5.74, 6) is 0.767. The molecule has 3 aromatic rings. The standard InChI is InChI=1S/C21H24N4O/c26-21(23-13-6-9-16-7-4-5-8-16)18-15-24-25-19(12-14-22-20(18)25)17-10-2-1-3-11-17/h1-3,10-12,14-16H,4-9,13H2,(H,23,26). The fourth-order valence-corrected chi connectivity index (χ4v) is 3.87. The molecule has 1 aliphatic carbocycles. The maximum Gasteiger partial charge on any atom is 0.256 e. The van der Waals surface area contributed by atoms with Gasteiger partial charge in [0.1, 0.15) is 5.56 Å². The van der Waals surface area contributed by atoms with E-state index in [0.29, 0.717) is 17.8 Å². The Kier molecular flexibility index (Phi) is 4.95. The molecule has 1 aromatic carbocycles. The second kappa shape index (κ2) is 7.68. The van der Waals surface area contributed by atoms with E-state index < -0.39 is 0 Å². The van der Waals surface area contributed by atoms with Gasteiger partial charge in [0.15, 0.2) is 5.65 Å². The number of hydrogen-bond acceptors (Lipinski definition) is 3. The Morgan fingerprint density at radius 3 is 2.77 bits per heavy atom. The summed E-state index contributed by atoms with van der Waals surface area (Å²) in [4.78, 5) is 16.9. The lowest BCUT2D eigenvalue weighted by Gasteiger charge is -2.09. The summed E-state index contributed by atoms with van der Waals surface area (Å²) in [5.41, 5.74) is 3.10. The van der Waals surface area contributed by atoms with Crippen LogP contribution in [-0.2, 0) is 0 Å². The lowest BCUT2D eigenvalue weighted by molar-refractivity contribution is 0.0954. The molecule has 1 amide bonds. The molecular formula is C21H24N4O. The fourth-order valence-electron chi connectivity index (χ4n) is 3.87. The van der Waals surface area contributed by atoms with Crippen LogP contribution in [0, 0.1) is 5.92 Å². The molecule has 0 spiro atoms. The number of hydrogen-bond donors (Lipinski definition) is 1. The number of aromatic nitrogens is 3. The van der Waals surface area contributed by atoms with Crippen LogP contribution in [0.15, 0.2) is 48.8 Å². The van der Waals surface area contributed by atoms with Crippen molar-refractivity contribution in [2.45, 2.75) is 38.5 Å².